The lowest BCUT2D eigenvalue weighted by atomic mass is 10.1. The zero-order valence-electron chi connectivity index (χ0n) is 13.6. The van der Waals surface area contributed by atoms with Crippen molar-refractivity contribution in [3.8, 4) is 0 Å². The van der Waals surface area contributed by atoms with Crippen molar-refractivity contribution in [3.63, 3.8) is 0 Å². The fourth-order valence-corrected chi connectivity index (χ4v) is 3.93. The fraction of sp³-hybridized carbons (Fsp3) is 0.150. The lowest BCUT2D eigenvalue weighted by molar-refractivity contribution is 0.104. The second kappa shape index (κ2) is 7.41. The largest absolute Gasteiger partial charge is 0.358 e. The number of rotatable bonds is 5. The Morgan fingerprint density at radius 2 is 1.88 bits per heavy atom. The molecular weight excluding hydrogens is 382 g/mol. The molecule has 0 amide bonds. The number of benzene rings is 2. The van der Waals surface area contributed by atoms with E-state index in [9.17, 15) is 4.79 Å². The van der Waals surface area contributed by atoms with Crippen molar-refractivity contribution in [2.24, 2.45) is 0 Å². The van der Waals surface area contributed by atoms with E-state index < -0.39 is 0 Å². The molecule has 0 saturated carbocycles. The molecule has 0 spiro atoms. The van der Waals surface area contributed by atoms with Gasteiger partial charge in [0.05, 0.1) is 0 Å². The standard InChI is InChI=1S/C20H18BrNOS/c1-3-24-19(12-18(23)14-8-10-15(21)11-9-14)20-13(2)22-17-7-5-4-6-16(17)20/h4-12,22H,3H2,1-2H3/b19-12-. The highest BCUT2D eigenvalue weighted by atomic mass is 79.9. The summed E-state index contributed by atoms with van der Waals surface area (Å²) in [6.07, 6.45) is 1.76. The van der Waals surface area contributed by atoms with Crippen LogP contribution in [0, 0.1) is 6.92 Å². The summed E-state index contributed by atoms with van der Waals surface area (Å²) in [5, 5.41) is 1.16. The number of aromatic amines is 1. The molecule has 2 nitrogen and oxygen atoms in total. The summed E-state index contributed by atoms with van der Waals surface area (Å²) in [5.41, 5.74) is 4.02. The molecule has 0 atom stereocenters. The van der Waals surface area contributed by atoms with E-state index in [0.717, 1.165) is 37.3 Å². The van der Waals surface area contributed by atoms with E-state index in [1.165, 1.54) is 0 Å². The first-order valence-electron chi connectivity index (χ1n) is 7.82. The summed E-state index contributed by atoms with van der Waals surface area (Å²) in [6.45, 7) is 4.16. The van der Waals surface area contributed by atoms with Crippen molar-refractivity contribution >= 4 is 49.3 Å². The number of aryl methyl sites for hydroxylation is 1. The molecule has 4 heteroatoms. The minimum atomic E-state index is 0.0307. The van der Waals surface area contributed by atoms with Gasteiger partial charge in [-0.2, -0.15) is 0 Å². The monoisotopic (exact) mass is 399 g/mol. The first-order valence-corrected chi connectivity index (χ1v) is 9.60. The molecule has 1 heterocycles. The number of allylic oxidation sites excluding steroid dienone is 1. The Hall–Kier alpha value is -1.78. The number of carbonyl (C=O) groups excluding carboxylic acids is 1. The van der Waals surface area contributed by atoms with Crippen LogP contribution in [0.15, 0.2) is 59.1 Å². The molecule has 0 radical (unpaired) electrons. The highest BCUT2D eigenvalue weighted by Crippen LogP contribution is 2.35. The smallest absolute Gasteiger partial charge is 0.186 e. The molecule has 0 bridgehead atoms. The lowest BCUT2D eigenvalue weighted by Crippen LogP contribution is -1.96. The quantitative estimate of drug-likeness (QED) is 0.408. The van der Waals surface area contributed by atoms with Crippen LogP contribution in [0.1, 0.15) is 28.5 Å². The van der Waals surface area contributed by atoms with Crippen molar-refractivity contribution in [3.05, 3.63) is 75.9 Å². The van der Waals surface area contributed by atoms with E-state index in [1.54, 1.807) is 17.8 Å². The first kappa shape index (κ1) is 17.1. The van der Waals surface area contributed by atoms with Crippen LogP contribution >= 0.6 is 27.7 Å². The van der Waals surface area contributed by atoms with E-state index in [2.05, 4.69) is 46.9 Å². The number of nitrogens with one attached hydrogen (secondary N) is 1. The van der Waals surface area contributed by atoms with Crippen molar-refractivity contribution in [1.29, 1.82) is 0 Å². The molecule has 2 aromatic carbocycles. The van der Waals surface area contributed by atoms with Gasteiger partial charge in [-0.05, 0) is 43.0 Å². The van der Waals surface area contributed by atoms with E-state index >= 15 is 0 Å². The number of hydrogen-bond donors (Lipinski definition) is 1. The molecular formula is C20H18BrNOS. The van der Waals surface area contributed by atoms with Crippen LogP contribution in [0.25, 0.3) is 15.8 Å². The Labute approximate surface area is 154 Å². The van der Waals surface area contributed by atoms with Crippen molar-refractivity contribution in [2.75, 3.05) is 5.75 Å². The summed E-state index contributed by atoms with van der Waals surface area (Å²) in [5.74, 6) is 0.946. The number of para-hydroxylation sites is 1. The third-order valence-corrected chi connectivity index (χ3v) is 5.28. The average Bonchev–Trinajstić information content (AvgIpc) is 2.90. The molecule has 3 rings (SSSR count). The van der Waals surface area contributed by atoms with E-state index in [1.807, 2.05) is 36.4 Å². The van der Waals surface area contributed by atoms with Crippen LogP contribution in [0.5, 0.6) is 0 Å². The van der Waals surface area contributed by atoms with Crippen molar-refractivity contribution < 1.29 is 4.79 Å². The molecule has 0 saturated heterocycles. The summed E-state index contributed by atoms with van der Waals surface area (Å²) < 4.78 is 0.971. The van der Waals surface area contributed by atoms with Gasteiger partial charge in [0.2, 0.25) is 0 Å². The normalized spacial score (nSPS) is 11.9. The SMILES string of the molecule is CCS/C(=C\C(=O)c1ccc(Br)cc1)c1c(C)[nH]c2ccccc12. The Bertz CT molecular complexity index is 909. The van der Waals surface area contributed by atoms with Gasteiger partial charge in [0.15, 0.2) is 5.78 Å². The Morgan fingerprint density at radius 3 is 2.58 bits per heavy atom. The molecule has 0 aliphatic heterocycles. The Kier molecular flexibility index (Phi) is 5.27. The summed E-state index contributed by atoms with van der Waals surface area (Å²) in [4.78, 5) is 17.1. The Morgan fingerprint density at radius 1 is 1.17 bits per heavy atom. The zero-order chi connectivity index (χ0) is 17.1. The second-order valence-electron chi connectivity index (χ2n) is 5.48. The fourth-order valence-electron chi connectivity index (χ4n) is 2.75. The van der Waals surface area contributed by atoms with E-state index in [0.29, 0.717) is 5.56 Å². The molecule has 0 unspecified atom stereocenters. The van der Waals surface area contributed by atoms with Crippen LogP contribution in [-0.4, -0.2) is 16.5 Å². The van der Waals surface area contributed by atoms with Gasteiger partial charge >= 0.3 is 0 Å². The summed E-state index contributed by atoms with van der Waals surface area (Å²) in [7, 11) is 0. The van der Waals surface area contributed by atoms with Crippen molar-refractivity contribution in [2.45, 2.75) is 13.8 Å². The zero-order valence-corrected chi connectivity index (χ0v) is 16.0. The number of carbonyl (C=O) groups is 1. The Balaban J connectivity index is 2.07. The van der Waals surface area contributed by atoms with Gasteiger partial charge in [-0.1, -0.05) is 41.1 Å². The maximum absolute atomic E-state index is 12.7. The van der Waals surface area contributed by atoms with Gasteiger partial charge in [-0.15, -0.1) is 11.8 Å². The van der Waals surface area contributed by atoms with Crippen LogP contribution in [0.4, 0.5) is 0 Å². The maximum Gasteiger partial charge on any atom is 0.186 e. The first-order chi connectivity index (χ1) is 11.6. The van der Waals surface area contributed by atoms with Crippen molar-refractivity contribution in [1.82, 2.24) is 4.98 Å². The van der Waals surface area contributed by atoms with Gasteiger partial charge in [0.1, 0.15) is 0 Å². The lowest BCUT2D eigenvalue weighted by Gasteiger charge is -2.07. The van der Waals surface area contributed by atoms with Crippen LogP contribution in [0.3, 0.4) is 0 Å². The number of hydrogen-bond acceptors (Lipinski definition) is 2. The highest BCUT2D eigenvalue weighted by Gasteiger charge is 2.14. The molecule has 0 aliphatic carbocycles. The van der Waals surface area contributed by atoms with Gasteiger partial charge < -0.3 is 4.98 Å². The molecule has 0 fully saturated rings. The number of fused-ring (bicyclic) bond motifs is 1. The third-order valence-electron chi connectivity index (χ3n) is 3.83. The number of halogens is 1. The van der Waals surface area contributed by atoms with E-state index in [-0.39, 0.29) is 5.78 Å². The predicted octanol–water partition coefficient (Wildman–Crippen LogP) is 6.22. The minimum Gasteiger partial charge on any atom is -0.358 e. The van der Waals surface area contributed by atoms with Crippen LogP contribution < -0.4 is 0 Å². The number of H-pyrrole nitrogens is 1. The van der Waals surface area contributed by atoms with Gasteiger partial charge in [-0.25, -0.2) is 0 Å². The van der Waals surface area contributed by atoms with Gasteiger partial charge in [0.25, 0.3) is 0 Å². The van der Waals surface area contributed by atoms with Gasteiger partial charge in [0, 0.05) is 43.2 Å². The molecule has 1 aromatic heterocycles. The molecule has 24 heavy (non-hydrogen) atoms. The van der Waals surface area contributed by atoms with Crippen LogP contribution in [0.2, 0.25) is 0 Å². The highest BCUT2D eigenvalue weighted by molar-refractivity contribution is 9.10. The number of aromatic nitrogens is 1. The topological polar surface area (TPSA) is 32.9 Å². The van der Waals surface area contributed by atoms with Gasteiger partial charge in [-0.3, -0.25) is 4.79 Å². The molecule has 122 valence electrons. The summed E-state index contributed by atoms with van der Waals surface area (Å²) >= 11 is 5.10. The molecule has 0 aliphatic rings. The average molecular weight is 400 g/mol. The number of thioether (sulfide) groups is 1. The predicted molar refractivity (Wildman–Crippen MR) is 108 cm³/mol. The second-order valence-corrected chi connectivity index (χ2v) is 7.70. The van der Waals surface area contributed by atoms with E-state index in [4.69, 9.17) is 0 Å². The maximum atomic E-state index is 12.7. The number of ketones is 1. The molecule has 1 N–H and O–H groups in total. The van der Waals surface area contributed by atoms with Crippen LogP contribution in [-0.2, 0) is 0 Å². The minimum absolute atomic E-state index is 0.0307. The third kappa shape index (κ3) is 3.50. The summed E-state index contributed by atoms with van der Waals surface area (Å²) in [6, 6.07) is 15.7. The molecule has 3 aromatic rings.